The maximum Gasteiger partial charge on any atom is 0.0992 e. The zero-order valence-electron chi connectivity index (χ0n) is 10.2. The van der Waals surface area contributed by atoms with E-state index in [4.69, 9.17) is 11.0 Å². The van der Waals surface area contributed by atoms with Crippen molar-refractivity contribution in [2.24, 2.45) is 5.92 Å². The molecular formula is C14H19N3. The summed E-state index contributed by atoms with van der Waals surface area (Å²) in [7, 11) is 0. The minimum atomic E-state index is 0.513. The number of hydrogen-bond donors (Lipinski definition) is 2. The van der Waals surface area contributed by atoms with Gasteiger partial charge in [-0.1, -0.05) is 19.8 Å². The molecule has 3 nitrogen and oxygen atoms in total. The van der Waals surface area contributed by atoms with Crippen molar-refractivity contribution in [1.29, 1.82) is 5.26 Å². The first-order valence-electron chi connectivity index (χ1n) is 6.27. The number of nitriles is 1. The van der Waals surface area contributed by atoms with Crippen molar-refractivity contribution in [3.8, 4) is 6.07 Å². The number of rotatable bonds is 2. The number of nitrogens with zero attached hydrogens (tertiary/aromatic N) is 1. The summed E-state index contributed by atoms with van der Waals surface area (Å²) in [6.45, 7) is 2.29. The lowest BCUT2D eigenvalue weighted by Crippen LogP contribution is -2.30. The molecule has 17 heavy (non-hydrogen) atoms. The highest BCUT2D eigenvalue weighted by Gasteiger charge is 2.21. The van der Waals surface area contributed by atoms with E-state index >= 15 is 0 Å². The fourth-order valence-corrected chi connectivity index (χ4v) is 2.49. The Bertz CT molecular complexity index is 434. The number of nitrogens with two attached hydrogens (primary N) is 1. The van der Waals surface area contributed by atoms with E-state index in [0.29, 0.717) is 23.2 Å². The second-order valence-corrected chi connectivity index (χ2v) is 4.93. The molecule has 0 saturated heterocycles. The van der Waals surface area contributed by atoms with Gasteiger partial charge in [-0.2, -0.15) is 5.26 Å². The number of nitrogen functional groups attached to an aromatic ring is 1. The predicted octanol–water partition coefficient (Wildman–Crippen LogP) is 3.13. The molecule has 1 aliphatic carbocycles. The Balaban J connectivity index is 2.10. The molecule has 0 amide bonds. The molecule has 3 N–H and O–H groups in total. The smallest absolute Gasteiger partial charge is 0.0992 e. The van der Waals surface area contributed by atoms with Crippen molar-refractivity contribution in [1.82, 2.24) is 0 Å². The quantitative estimate of drug-likeness (QED) is 0.766. The first kappa shape index (κ1) is 11.8. The van der Waals surface area contributed by atoms with E-state index in [2.05, 4.69) is 18.3 Å². The van der Waals surface area contributed by atoms with Gasteiger partial charge in [0.2, 0.25) is 0 Å². The van der Waals surface area contributed by atoms with Gasteiger partial charge in [0.15, 0.2) is 0 Å². The summed E-state index contributed by atoms with van der Waals surface area (Å²) in [6, 6.07) is 8.07. The Morgan fingerprint density at radius 2 is 2.12 bits per heavy atom. The molecule has 90 valence electrons. The second-order valence-electron chi connectivity index (χ2n) is 4.93. The third-order valence-corrected chi connectivity index (χ3v) is 3.63. The first-order chi connectivity index (χ1) is 8.20. The molecule has 1 fully saturated rings. The summed E-state index contributed by atoms with van der Waals surface area (Å²) in [6.07, 6.45) is 5.12. The highest BCUT2D eigenvalue weighted by molar-refractivity contribution is 5.68. The van der Waals surface area contributed by atoms with Crippen LogP contribution >= 0.6 is 0 Å². The van der Waals surface area contributed by atoms with Gasteiger partial charge in [-0.3, -0.25) is 0 Å². The second kappa shape index (κ2) is 5.09. The lowest BCUT2D eigenvalue weighted by Gasteiger charge is -2.30. The zero-order valence-corrected chi connectivity index (χ0v) is 10.2. The Hall–Kier alpha value is -1.69. The minimum absolute atomic E-state index is 0.513. The molecule has 0 bridgehead atoms. The number of hydrogen-bond acceptors (Lipinski definition) is 3. The van der Waals surface area contributed by atoms with Gasteiger partial charge in [0.1, 0.15) is 0 Å². The molecule has 3 heteroatoms. The Morgan fingerprint density at radius 3 is 2.76 bits per heavy atom. The van der Waals surface area contributed by atoms with Crippen LogP contribution in [0.1, 0.15) is 38.2 Å². The van der Waals surface area contributed by atoms with Gasteiger partial charge in [0.05, 0.1) is 23.0 Å². The lowest BCUT2D eigenvalue weighted by molar-refractivity contribution is 0.349. The normalized spacial score (nSPS) is 24.0. The molecule has 0 aromatic heterocycles. The molecule has 2 unspecified atom stereocenters. The van der Waals surface area contributed by atoms with Gasteiger partial charge in [-0.25, -0.2) is 0 Å². The van der Waals surface area contributed by atoms with Crippen molar-refractivity contribution in [2.45, 2.75) is 38.6 Å². The zero-order chi connectivity index (χ0) is 12.3. The van der Waals surface area contributed by atoms with E-state index in [9.17, 15) is 0 Å². The van der Waals surface area contributed by atoms with Gasteiger partial charge < -0.3 is 11.1 Å². The molecule has 0 spiro atoms. The van der Waals surface area contributed by atoms with Gasteiger partial charge in [0, 0.05) is 6.04 Å². The average molecular weight is 229 g/mol. The van der Waals surface area contributed by atoms with Crippen LogP contribution in [-0.4, -0.2) is 6.04 Å². The number of benzene rings is 1. The highest BCUT2D eigenvalue weighted by atomic mass is 14.9. The third-order valence-electron chi connectivity index (χ3n) is 3.63. The monoisotopic (exact) mass is 229 g/mol. The average Bonchev–Trinajstić information content (AvgIpc) is 2.34. The summed E-state index contributed by atoms with van der Waals surface area (Å²) in [5.41, 5.74) is 8.19. The van der Waals surface area contributed by atoms with Crippen LogP contribution in [0.5, 0.6) is 0 Å². The van der Waals surface area contributed by atoms with E-state index in [1.807, 2.05) is 12.1 Å². The largest absolute Gasteiger partial charge is 0.397 e. The van der Waals surface area contributed by atoms with Gasteiger partial charge in [-0.05, 0) is 37.0 Å². The number of anilines is 2. The maximum atomic E-state index is 8.79. The standard InChI is InChI=1S/C14H19N3/c1-10-4-2-3-5-13(10)17-14-7-6-11(9-15)8-12(14)16/h6-8,10,13,17H,2-5,16H2,1H3. The molecule has 1 saturated carbocycles. The lowest BCUT2D eigenvalue weighted by atomic mass is 9.86. The fraction of sp³-hybridized carbons (Fsp3) is 0.500. The van der Waals surface area contributed by atoms with Gasteiger partial charge >= 0.3 is 0 Å². The van der Waals surface area contributed by atoms with Crippen molar-refractivity contribution >= 4 is 11.4 Å². The summed E-state index contributed by atoms with van der Waals surface area (Å²) >= 11 is 0. The van der Waals surface area contributed by atoms with Crippen LogP contribution in [0.2, 0.25) is 0 Å². The van der Waals surface area contributed by atoms with E-state index in [-0.39, 0.29) is 0 Å². The van der Waals surface area contributed by atoms with E-state index < -0.39 is 0 Å². The maximum absolute atomic E-state index is 8.79. The van der Waals surface area contributed by atoms with Crippen LogP contribution in [0.4, 0.5) is 11.4 Å². The highest BCUT2D eigenvalue weighted by Crippen LogP contribution is 2.29. The molecule has 1 aromatic rings. The SMILES string of the molecule is CC1CCCCC1Nc1ccc(C#N)cc1N. The van der Waals surface area contributed by atoms with E-state index in [1.54, 1.807) is 6.07 Å². The van der Waals surface area contributed by atoms with Crippen molar-refractivity contribution in [3.05, 3.63) is 23.8 Å². The van der Waals surface area contributed by atoms with Gasteiger partial charge in [0.25, 0.3) is 0 Å². The van der Waals surface area contributed by atoms with Crippen molar-refractivity contribution < 1.29 is 0 Å². The van der Waals surface area contributed by atoms with E-state index in [0.717, 1.165) is 5.69 Å². The fourth-order valence-electron chi connectivity index (χ4n) is 2.49. The van der Waals surface area contributed by atoms with Crippen LogP contribution < -0.4 is 11.1 Å². The molecule has 0 radical (unpaired) electrons. The van der Waals surface area contributed by atoms with E-state index in [1.165, 1.54) is 25.7 Å². The minimum Gasteiger partial charge on any atom is -0.397 e. The Morgan fingerprint density at radius 1 is 1.35 bits per heavy atom. The van der Waals surface area contributed by atoms with Gasteiger partial charge in [-0.15, -0.1) is 0 Å². The summed E-state index contributed by atoms with van der Waals surface area (Å²) in [4.78, 5) is 0. The molecule has 0 aliphatic heterocycles. The number of nitrogens with one attached hydrogen (secondary N) is 1. The Labute approximate surface area is 103 Å². The van der Waals surface area contributed by atoms with Crippen LogP contribution in [0.15, 0.2) is 18.2 Å². The van der Waals surface area contributed by atoms with Crippen LogP contribution in [0, 0.1) is 17.2 Å². The summed E-state index contributed by atoms with van der Waals surface area (Å²) < 4.78 is 0. The van der Waals surface area contributed by atoms with Crippen LogP contribution in [0.3, 0.4) is 0 Å². The Kier molecular flexibility index (Phi) is 3.53. The topological polar surface area (TPSA) is 61.8 Å². The third kappa shape index (κ3) is 2.71. The molecule has 1 aromatic carbocycles. The molecule has 2 atom stereocenters. The molecule has 0 heterocycles. The summed E-state index contributed by atoms with van der Waals surface area (Å²) in [5, 5.41) is 12.3. The van der Waals surface area contributed by atoms with Crippen molar-refractivity contribution in [2.75, 3.05) is 11.1 Å². The predicted molar refractivity (Wildman–Crippen MR) is 70.6 cm³/mol. The molecular weight excluding hydrogens is 210 g/mol. The van der Waals surface area contributed by atoms with Crippen LogP contribution in [0.25, 0.3) is 0 Å². The molecule has 1 aliphatic rings. The van der Waals surface area contributed by atoms with Crippen LogP contribution in [-0.2, 0) is 0 Å². The van der Waals surface area contributed by atoms with Crippen molar-refractivity contribution in [3.63, 3.8) is 0 Å². The molecule has 2 rings (SSSR count). The summed E-state index contributed by atoms with van der Waals surface area (Å²) in [5.74, 6) is 0.693. The first-order valence-corrected chi connectivity index (χ1v) is 6.27.